The highest BCUT2D eigenvalue weighted by molar-refractivity contribution is 7.80. The van der Waals surface area contributed by atoms with Crippen molar-refractivity contribution >= 4 is 35.1 Å². The molecule has 128 valence electrons. The van der Waals surface area contributed by atoms with Crippen LogP contribution < -0.4 is 10.7 Å². The summed E-state index contributed by atoms with van der Waals surface area (Å²) in [5.74, 6) is -1.05. The van der Waals surface area contributed by atoms with Crippen LogP contribution in [-0.4, -0.2) is 41.6 Å². The number of thiocarbonyl (C=S) groups is 1. The predicted molar refractivity (Wildman–Crippen MR) is 91.2 cm³/mol. The topological polar surface area (TPSA) is 87.7 Å². The quantitative estimate of drug-likeness (QED) is 0.333. The Hall–Kier alpha value is -2.48. The number of carbonyl (C=O) groups is 3. The van der Waals surface area contributed by atoms with Gasteiger partial charge in [0.15, 0.2) is 5.11 Å². The fourth-order valence-electron chi connectivity index (χ4n) is 2.31. The fraction of sp³-hybridized carbons (Fsp3) is 0.375. The summed E-state index contributed by atoms with van der Waals surface area (Å²) in [6.45, 7) is 0.580. The highest BCUT2D eigenvalue weighted by Crippen LogP contribution is 2.20. The van der Waals surface area contributed by atoms with E-state index in [2.05, 4.69) is 15.5 Å². The number of unbranched alkanes of at least 4 members (excludes halogenated alkanes) is 2. The lowest BCUT2D eigenvalue weighted by molar-refractivity contribution is -0.140. The number of benzene rings is 1. The molecule has 1 aliphatic rings. The minimum atomic E-state index is -0.419. The number of imide groups is 1. The van der Waals surface area contributed by atoms with Gasteiger partial charge in [0, 0.05) is 13.0 Å². The van der Waals surface area contributed by atoms with Crippen LogP contribution in [0.25, 0.3) is 0 Å². The van der Waals surface area contributed by atoms with Gasteiger partial charge in [-0.05, 0) is 37.2 Å². The summed E-state index contributed by atoms with van der Waals surface area (Å²) in [7, 11) is 1.37. The molecule has 0 unspecified atom stereocenters. The second kappa shape index (κ2) is 8.39. The first-order valence-corrected chi connectivity index (χ1v) is 8.04. The molecule has 1 aromatic rings. The van der Waals surface area contributed by atoms with Crippen LogP contribution in [0, 0.1) is 0 Å². The van der Waals surface area contributed by atoms with E-state index in [0.29, 0.717) is 24.1 Å². The molecule has 1 aliphatic heterocycles. The molecule has 1 aromatic carbocycles. The zero-order chi connectivity index (χ0) is 17.5. The van der Waals surface area contributed by atoms with E-state index in [1.807, 2.05) is 0 Å². The van der Waals surface area contributed by atoms with E-state index < -0.39 is 11.8 Å². The summed E-state index contributed by atoms with van der Waals surface area (Å²) < 4.78 is 4.56. The number of hydrogen-bond acceptors (Lipinski definition) is 5. The summed E-state index contributed by atoms with van der Waals surface area (Å²) in [5.41, 5.74) is 3.35. The number of nitrogens with zero attached hydrogens (tertiary/aromatic N) is 1. The Balaban J connectivity index is 1.71. The maximum Gasteiger partial charge on any atom is 0.305 e. The Morgan fingerprint density at radius 2 is 1.75 bits per heavy atom. The third-order valence-corrected chi connectivity index (χ3v) is 3.81. The molecule has 0 aromatic heterocycles. The molecule has 24 heavy (non-hydrogen) atoms. The molecule has 1 heterocycles. The number of ether oxygens (including phenoxy) is 1. The van der Waals surface area contributed by atoms with Gasteiger partial charge in [-0.2, -0.15) is 5.01 Å². The van der Waals surface area contributed by atoms with Crippen LogP contribution in [0.3, 0.4) is 0 Å². The normalized spacial score (nSPS) is 12.8. The monoisotopic (exact) mass is 349 g/mol. The predicted octanol–water partition coefficient (Wildman–Crippen LogP) is 1.40. The SMILES string of the molecule is COC(=O)CCCCCNC(=S)NN1C(=O)c2ccccc2C1=O. The third-order valence-electron chi connectivity index (χ3n) is 3.58. The third kappa shape index (κ3) is 4.29. The van der Waals surface area contributed by atoms with Crippen LogP contribution in [0.2, 0.25) is 0 Å². The lowest BCUT2D eigenvalue weighted by atomic mass is 10.1. The number of nitrogens with one attached hydrogen (secondary N) is 2. The van der Waals surface area contributed by atoms with Gasteiger partial charge in [0.2, 0.25) is 0 Å². The van der Waals surface area contributed by atoms with E-state index in [0.717, 1.165) is 24.3 Å². The van der Waals surface area contributed by atoms with Crippen molar-refractivity contribution in [1.82, 2.24) is 15.8 Å². The van der Waals surface area contributed by atoms with Gasteiger partial charge in [0.1, 0.15) is 0 Å². The van der Waals surface area contributed by atoms with Gasteiger partial charge < -0.3 is 10.1 Å². The minimum Gasteiger partial charge on any atom is -0.469 e. The van der Waals surface area contributed by atoms with Crippen LogP contribution in [0.4, 0.5) is 0 Å². The van der Waals surface area contributed by atoms with Crippen LogP contribution >= 0.6 is 12.2 Å². The van der Waals surface area contributed by atoms with Crippen molar-refractivity contribution in [1.29, 1.82) is 0 Å². The van der Waals surface area contributed by atoms with Crippen molar-refractivity contribution in [2.45, 2.75) is 25.7 Å². The second-order valence-electron chi connectivity index (χ2n) is 5.25. The molecular weight excluding hydrogens is 330 g/mol. The molecule has 0 bridgehead atoms. The van der Waals surface area contributed by atoms with Gasteiger partial charge >= 0.3 is 5.97 Å². The number of esters is 1. The Labute approximate surface area is 145 Å². The highest BCUT2D eigenvalue weighted by Gasteiger charge is 2.35. The van der Waals surface area contributed by atoms with Crippen molar-refractivity contribution < 1.29 is 19.1 Å². The molecule has 0 saturated heterocycles. The Bertz CT molecular complexity index is 627. The Morgan fingerprint density at radius 3 is 2.33 bits per heavy atom. The maximum absolute atomic E-state index is 12.2. The van der Waals surface area contributed by atoms with Crippen molar-refractivity contribution in [2.24, 2.45) is 0 Å². The standard InChI is InChI=1S/C16H19N3O4S/c1-23-13(20)9-3-2-6-10-17-16(24)18-19-14(21)11-7-4-5-8-12(11)15(19)22/h4-5,7-8H,2-3,6,9-10H2,1H3,(H2,17,18,24). The molecule has 0 saturated carbocycles. The first-order valence-electron chi connectivity index (χ1n) is 7.63. The van der Waals surface area contributed by atoms with Crippen molar-refractivity contribution in [3.05, 3.63) is 35.4 Å². The maximum atomic E-state index is 12.2. The lowest BCUT2D eigenvalue weighted by Gasteiger charge is -2.17. The number of methoxy groups -OCH3 is 1. The molecule has 7 nitrogen and oxygen atoms in total. The fourth-order valence-corrected chi connectivity index (χ4v) is 2.50. The van der Waals surface area contributed by atoms with E-state index in [1.165, 1.54) is 7.11 Å². The second-order valence-corrected chi connectivity index (χ2v) is 5.65. The number of hydrazine groups is 1. The van der Waals surface area contributed by atoms with Crippen LogP contribution in [0.1, 0.15) is 46.4 Å². The lowest BCUT2D eigenvalue weighted by Crippen LogP contribution is -2.50. The van der Waals surface area contributed by atoms with Crippen LogP contribution in [0.15, 0.2) is 24.3 Å². The van der Waals surface area contributed by atoms with E-state index in [9.17, 15) is 14.4 Å². The average molecular weight is 349 g/mol. The molecule has 2 rings (SSSR count). The summed E-state index contributed by atoms with van der Waals surface area (Å²) in [4.78, 5) is 35.3. The van der Waals surface area contributed by atoms with Gasteiger partial charge in [-0.1, -0.05) is 18.6 Å². The Kier molecular flexibility index (Phi) is 6.25. The first-order chi connectivity index (χ1) is 11.5. The minimum absolute atomic E-state index is 0.206. The van der Waals surface area contributed by atoms with Crippen LogP contribution in [-0.2, 0) is 9.53 Å². The van der Waals surface area contributed by atoms with Gasteiger partial charge in [-0.3, -0.25) is 19.8 Å². The van der Waals surface area contributed by atoms with E-state index in [-0.39, 0.29) is 11.1 Å². The molecule has 2 amide bonds. The molecule has 0 aliphatic carbocycles. The van der Waals surface area contributed by atoms with E-state index in [4.69, 9.17) is 12.2 Å². The van der Waals surface area contributed by atoms with Crippen molar-refractivity contribution in [3.63, 3.8) is 0 Å². The number of fused-ring (bicyclic) bond motifs is 1. The summed E-state index contributed by atoms with van der Waals surface area (Å²) in [5, 5.41) is 4.06. The Morgan fingerprint density at radius 1 is 1.12 bits per heavy atom. The van der Waals surface area contributed by atoms with Crippen molar-refractivity contribution in [3.8, 4) is 0 Å². The van der Waals surface area contributed by atoms with Crippen LogP contribution in [0.5, 0.6) is 0 Å². The average Bonchev–Trinajstić information content (AvgIpc) is 2.83. The van der Waals surface area contributed by atoms with E-state index >= 15 is 0 Å². The summed E-state index contributed by atoms with van der Waals surface area (Å²) in [6, 6.07) is 6.63. The number of amides is 2. The molecule has 2 N–H and O–H groups in total. The smallest absolute Gasteiger partial charge is 0.305 e. The largest absolute Gasteiger partial charge is 0.469 e. The van der Waals surface area contributed by atoms with Crippen molar-refractivity contribution in [2.75, 3.05) is 13.7 Å². The summed E-state index contributed by atoms with van der Waals surface area (Å²) in [6.07, 6.45) is 2.79. The number of rotatable bonds is 7. The zero-order valence-corrected chi connectivity index (χ0v) is 14.1. The van der Waals surface area contributed by atoms with Gasteiger partial charge in [0.05, 0.1) is 18.2 Å². The molecule has 8 heteroatoms. The number of carbonyl (C=O) groups excluding carboxylic acids is 3. The molecular formula is C16H19N3O4S. The zero-order valence-electron chi connectivity index (χ0n) is 13.3. The molecule has 0 spiro atoms. The molecule has 0 radical (unpaired) electrons. The molecule has 0 atom stereocenters. The highest BCUT2D eigenvalue weighted by atomic mass is 32.1. The van der Waals surface area contributed by atoms with E-state index in [1.54, 1.807) is 24.3 Å². The summed E-state index contributed by atoms with van der Waals surface area (Å²) >= 11 is 5.10. The first kappa shape index (κ1) is 17.9. The van der Waals surface area contributed by atoms with Gasteiger partial charge in [-0.25, -0.2) is 0 Å². The molecule has 0 fully saturated rings. The van der Waals surface area contributed by atoms with Gasteiger partial charge in [0.25, 0.3) is 11.8 Å². The van der Waals surface area contributed by atoms with Gasteiger partial charge in [-0.15, -0.1) is 0 Å². The number of hydrogen-bond donors (Lipinski definition) is 2.